The maximum absolute atomic E-state index is 3.46. The van der Waals surface area contributed by atoms with Gasteiger partial charge in [0, 0.05) is 30.9 Å². The quantitative estimate of drug-likeness (QED) is 0.754. The Balaban J connectivity index is 2.27. The van der Waals surface area contributed by atoms with Crippen LogP contribution in [0.1, 0.15) is 19.4 Å². The van der Waals surface area contributed by atoms with Gasteiger partial charge in [0.1, 0.15) is 0 Å². The predicted molar refractivity (Wildman–Crippen MR) is 65.5 cm³/mol. The van der Waals surface area contributed by atoms with Crippen LogP contribution in [0.5, 0.6) is 0 Å². The minimum atomic E-state index is 0.579. The maximum Gasteiger partial charge on any atom is 0.0389 e. The molecule has 0 spiro atoms. The second kappa shape index (κ2) is 4.23. The standard InChI is InChI=1S/C13H20N2/c1-10-5-4-6-13(7-10)15-11(2)8-14-9-12(15)3/h4-7,11-12,14H,8-9H2,1-3H3/t11-,12?/m0/s1. The fraction of sp³-hybridized carbons (Fsp3) is 0.538. The molecule has 0 radical (unpaired) electrons. The minimum absolute atomic E-state index is 0.579. The molecule has 2 nitrogen and oxygen atoms in total. The third-order valence-electron chi connectivity index (χ3n) is 3.13. The molecule has 2 heteroatoms. The summed E-state index contributed by atoms with van der Waals surface area (Å²) < 4.78 is 0. The Kier molecular flexibility index (Phi) is 2.96. The molecule has 1 fully saturated rings. The summed E-state index contributed by atoms with van der Waals surface area (Å²) in [6.07, 6.45) is 0. The number of benzene rings is 1. The van der Waals surface area contributed by atoms with E-state index < -0.39 is 0 Å². The summed E-state index contributed by atoms with van der Waals surface area (Å²) in [5.74, 6) is 0. The van der Waals surface area contributed by atoms with Crippen LogP contribution in [-0.4, -0.2) is 25.2 Å². The molecule has 2 atom stereocenters. The van der Waals surface area contributed by atoms with Crippen molar-refractivity contribution in [2.24, 2.45) is 0 Å². The number of anilines is 1. The molecule has 1 N–H and O–H groups in total. The van der Waals surface area contributed by atoms with Gasteiger partial charge < -0.3 is 10.2 Å². The average molecular weight is 204 g/mol. The van der Waals surface area contributed by atoms with E-state index in [9.17, 15) is 0 Å². The summed E-state index contributed by atoms with van der Waals surface area (Å²) in [6, 6.07) is 9.95. The highest BCUT2D eigenvalue weighted by Crippen LogP contribution is 2.22. The molecule has 15 heavy (non-hydrogen) atoms. The van der Waals surface area contributed by atoms with Crippen molar-refractivity contribution >= 4 is 5.69 Å². The van der Waals surface area contributed by atoms with E-state index >= 15 is 0 Å². The highest BCUT2D eigenvalue weighted by molar-refractivity contribution is 5.50. The highest BCUT2D eigenvalue weighted by atomic mass is 15.2. The van der Waals surface area contributed by atoms with Gasteiger partial charge in [-0.2, -0.15) is 0 Å². The van der Waals surface area contributed by atoms with E-state index in [-0.39, 0.29) is 0 Å². The van der Waals surface area contributed by atoms with Crippen molar-refractivity contribution in [3.63, 3.8) is 0 Å². The maximum atomic E-state index is 3.46. The molecule has 2 rings (SSSR count). The van der Waals surface area contributed by atoms with E-state index in [1.165, 1.54) is 11.3 Å². The molecule has 0 aromatic heterocycles. The number of aryl methyl sites for hydroxylation is 1. The molecular formula is C13H20N2. The molecule has 0 saturated carbocycles. The van der Waals surface area contributed by atoms with E-state index in [0.717, 1.165) is 13.1 Å². The Hall–Kier alpha value is -1.02. The fourth-order valence-electron chi connectivity index (χ4n) is 2.43. The van der Waals surface area contributed by atoms with E-state index in [4.69, 9.17) is 0 Å². The number of hydrogen-bond donors (Lipinski definition) is 1. The summed E-state index contributed by atoms with van der Waals surface area (Å²) in [5.41, 5.74) is 2.70. The predicted octanol–water partition coefficient (Wildman–Crippen LogP) is 2.18. The first kappa shape index (κ1) is 10.5. The highest BCUT2D eigenvalue weighted by Gasteiger charge is 2.24. The van der Waals surface area contributed by atoms with Crippen molar-refractivity contribution in [3.05, 3.63) is 29.8 Å². The first-order valence-corrected chi connectivity index (χ1v) is 5.74. The lowest BCUT2D eigenvalue weighted by molar-refractivity contribution is 0.432. The SMILES string of the molecule is Cc1cccc(N2C(C)CNC[C@@H]2C)c1. The molecule has 0 bridgehead atoms. The summed E-state index contributed by atoms with van der Waals surface area (Å²) in [6.45, 7) is 8.88. The van der Waals surface area contributed by atoms with Crippen LogP contribution in [0.2, 0.25) is 0 Å². The van der Waals surface area contributed by atoms with E-state index in [2.05, 4.69) is 55.3 Å². The Morgan fingerprint density at radius 3 is 2.47 bits per heavy atom. The van der Waals surface area contributed by atoms with Crippen molar-refractivity contribution in [2.45, 2.75) is 32.9 Å². The smallest absolute Gasteiger partial charge is 0.0389 e. The van der Waals surface area contributed by atoms with Crippen LogP contribution < -0.4 is 10.2 Å². The topological polar surface area (TPSA) is 15.3 Å². The van der Waals surface area contributed by atoms with Crippen LogP contribution in [0.4, 0.5) is 5.69 Å². The van der Waals surface area contributed by atoms with Crippen LogP contribution in [0.25, 0.3) is 0 Å². The second-order valence-corrected chi connectivity index (χ2v) is 4.60. The Morgan fingerprint density at radius 1 is 1.20 bits per heavy atom. The molecule has 1 unspecified atom stereocenters. The molecule has 1 aliphatic heterocycles. The van der Waals surface area contributed by atoms with Gasteiger partial charge in [0.15, 0.2) is 0 Å². The summed E-state index contributed by atoms with van der Waals surface area (Å²) >= 11 is 0. The third kappa shape index (κ3) is 2.15. The van der Waals surface area contributed by atoms with Crippen molar-refractivity contribution in [2.75, 3.05) is 18.0 Å². The molecule has 1 heterocycles. The van der Waals surface area contributed by atoms with Crippen LogP contribution in [0.15, 0.2) is 24.3 Å². The number of nitrogens with zero attached hydrogens (tertiary/aromatic N) is 1. The van der Waals surface area contributed by atoms with Gasteiger partial charge in [-0.15, -0.1) is 0 Å². The molecule has 0 aliphatic carbocycles. The normalized spacial score (nSPS) is 26.7. The first-order valence-electron chi connectivity index (χ1n) is 5.74. The van der Waals surface area contributed by atoms with Gasteiger partial charge in [-0.05, 0) is 38.5 Å². The van der Waals surface area contributed by atoms with E-state index in [1.54, 1.807) is 0 Å². The fourth-order valence-corrected chi connectivity index (χ4v) is 2.43. The van der Waals surface area contributed by atoms with E-state index in [0.29, 0.717) is 12.1 Å². The van der Waals surface area contributed by atoms with Gasteiger partial charge in [-0.25, -0.2) is 0 Å². The lowest BCUT2D eigenvalue weighted by atomic mass is 10.1. The molecular weight excluding hydrogens is 184 g/mol. The lowest BCUT2D eigenvalue weighted by Gasteiger charge is -2.41. The number of hydrogen-bond acceptors (Lipinski definition) is 2. The molecule has 1 aromatic rings. The van der Waals surface area contributed by atoms with Crippen LogP contribution in [-0.2, 0) is 0 Å². The van der Waals surface area contributed by atoms with Gasteiger partial charge in [0.2, 0.25) is 0 Å². The third-order valence-corrected chi connectivity index (χ3v) is 3.13. The molecule has 1 saturated heterocycles. The summed E-state index contributed by atoms with van der Waals surface area (Å²) in [5, 5.41) is 3.46. The Bertz CT molecular complexity index is 325. The van der Waals surface area contributed by atoms with Crippen molar-refractivity contribution in [1.82, 2.24) is 5.32 Å². The van der Waals surface area contributed by atoms with Crippen molar-refractivity contribution in [1.29, 1.82) is 0 Å². The first-order chi connectivity index (χ1) is 7.18. The zero-order valence-electron chi connectivity index (χ0n) is 9.83. The second-order valence-electron chi connectivity index (χ2n) is 4.60. The summed E-state index contributed by atoms with van der Waals surface area (Å²) in [7, 11) is 0. The molecule has 82 valence electrons. The Labute approximate surface area is 92.3 Å². The van der Waals surface area contributed by atoms with Gasteiger partial charge in [-0.1, -0.05) is 12.1 Å². The average Bonchev–Trinajstić information content (AvgIpc) is 2.17. The van der Waals surface area contributed by atoms with Crippen LogP contribution in [0.3, 0.4) is 0 Å². The van der Waals surface area contributed by atoms with E-state index in [1.807, 2.05) is 0 Å². The largest absolute Gasteiger partial charge is 0.364 e. The van der Waals surface area contributed by atoms with Crippen molar-refractivity contribution < 1.29 is 0 Å². The minimum Gasteiger partial charge on any atom is -0.364 e. The van der Waals surface area contributed by atoms with Gasteiger partial charge in [-0.3, -0.25) is 0 Å². The summed E-state index contributed by atoms with van der Waals surface area (Å²) in [4.78, 5) is 2.52. The Morgan fingerprint density at radius 2 is 1.87 bits per heavy atom. The number of piperazine rings is 1. The zero-order chi connectivity index (χ0) is 10.8. The number of rotatable bonds is 1. The number of nitrogens with one attached hydrogen (secondary N) is 1. The molecule has 1 aliphatic rings. The van der Waals surface area contributed by atoms with Crippen LogP contribution in [0, 0.1) is 6.92 Å². The molecule has 1 aromatic carbocycles. The van der Waals surface area contributed by atoms with Crippen molar-refractivity contribution in [3.8, 4) is 0 Å². The van der Waals surface area contributed by atoms with Gasteiger partial charge in [0.25, 0.3) is 0 Å². The van der Waals surface area contributed by atoms with Gasteiger partial charge in [0.05, 0.1) is 0 Å². The van der Waals surface area contributed by atoms with Crippen LogP contribution >= 0.6 is 0 Å². The monoisotopic (exact) mass is 204 g/mol. The molecule has 0 amide bonds. The lowest BCUT2D eigenvalue weighted by Crippen LogP contribution is -2.55. The van der Waals surface area contributed by atoms with Gasteiger partial charge >= 0.3 is 0 Å². The zero-order valence-corrected chi connectivity index (χ0v) is 9.83.